The van der Waals surface area contributed by atoms with Gasteiger partial charge in [0, 0.05) is 13.2 Å². The SMILES string of the molecule is COC(=O)c1ccc(/C=C/COCCCO)cc1. The van der Waals surface area contributed by atoms with Crippen molar-refractivity contribution in [2.45, 2.75) is 6.42 Å². The van der Waals surface area contributed by atoms with E-state index >= 15 is 0 Å². The summed E-state index contributed by atoms with van der Waals surface area (Å²) in [5.41, 5.74) is 1.53. The molecule has 0 radical (unpaired) electrons. The smallest absolute Gasteiger partial charge is 0.337 e. The fourth-order valence-corrected chi connectivity index (χ4v) is 1.35. The van der Waals surface area contributed by atoms with Crippen molar-refractivity contribution < 1.29 is 19.4 Å². The van der Waals surface area contributed by atoms with E-state index in [0.29, 0.717) is 25.2 Å². The molecule has 0 unspecified atom stereocenters. The molecular formula is C14H18O4. The lowest BCUT2D eigenvalue weighted by molar-refractivity contribution is 0.0600. The monoisotopic (exact) mass is 250 g/mol. The van der Waals surface area contributed by atoms with Crippen molar-refractivity contribution >= 4 is 12.0 Å². The van der Waals surface area contributed by atoms with Crippen LogP contribution in [0.2, 0.25) is 0 Å². The van der Waals surface area contributed by atoms with Crippen molar-refractivity contribution in [2.75, 3.05) is 26.9 Å². The summed E-state index contributed by atoms with van der Waals surface area (Å²) in [7, 11) is 1.36. The van der Waals surface area contributed by atoms with Gasteiger partial charge in [-0.3, -0.25) is 0 Å². The average Bonchev–Trinajstić information content (AvgIpc) is 2.42. The van der Waals surface area contributed by atoms with Crippen LogP contribution in [0.5, 0.6) is 0 Å². The Bertz CT molecular complexity index is 381. The Morgan fingerprint density at radius 3 is 2.67 bits per heavy atom. The molecule has 1 N–H and O–H groups in total. The standard InChI is InChI=1S/C14H18O4/c1-17-14(16)13-7-5-12(6-8-13)4-2-10-18-11-3-9-15/h2,4-8,15H,3,9-11H2,1H3/b4-2+. The van der Waals surface area contributed by atoms with Gasteiger partial charge in [-0.1, -0.05) is 24.3 Å². The van der Waals surface area contributed by atoms with E-state index in [1.807, 2.05) is 24.3 Å². The maximum Gasteiger partial charge on any atom is 0.337 e. The minimum Gasteiger partial charge on any atom is -0.465 e. The molecule has 1 rings (SSSR count). The first-order chi connectivity index (χ1) is 8.77. The van der Waals surface area contributed by atoms with E-state index in [9.17, 15) is 4.79 Å². The minimum absolute atomic E-state index is 0.151. The molecule has 0 aromatic heterocycles. The fourth-order valence-electron chi connectivity index (χ4n) is 1.35. The first kappa shape index (κ1) is 14.4. The number of methoxy groups -OCH3 is 1. The second kappa shape index (κ2) is 8.44. The summed E-state index contributed by atoms with van der Waals surface area (Å²) in [6, 6.07) is 7.13. The predicted octanol–water partition coefficient (Wildman–Crippen LogP) is 1.89. The topological polar surface area (TPSA) is 55.8 Å². The number of aliphatic hydroxyl groups is 1. The molecule has 4 nitrogen and oxygen atoms in total. The number of hydrogen-bond donors (Lipinski definition) is 1. The van der Waals surface area contributed by atoms with Crippen molar-refractivity contribution in [1.82, 2.24) is 0 Å². The summed E-state index contributed by atoms with van der Waals surface area (Å²) in [5.74, 6) is -0.335. The molecule has 0 aliphatic carbocycles. The fraction of sp³-hybridized carbons (Fsp3) is 0.357. The largest absolute Gasteiger partial charge is 0.465 e. The van der Waals surface area contributed by atoms with Gasteiger partial charge in [-0.05, 0) is 24.1 Å². The molecule has 0 saturated carbocycles. The van der Waals surface area contributed by atoms with Gasteiger partial charge in [0.15, 0.2) is 0 Å². The van der Waals surface area contributed by atoms with Crippen molar-refractivity contribution in [1.29, 1.82) is 0 Å². The molecule has 0 aliphatic heterocycles. The van der Waals surface area contributed by atoms with Gasteiger partial charge in [0.2, 0.25) is 0 Å². The summed E-state index contributed by atoms with van der Waals surface area (Å²) in [6.07, 6.45) is 4.46. The number of ether oxygens (including phenoxy) is 2. The number of hydrogen-bond acceptors (Lipinski definition) is 4. The van der Waals surface area contributed by atoms with Gasteiger partial charge >= 0.3 is 5.97 Å². The first-order valence-electron chi connectivity index (χ1n) is 5.81. The highest BCUT2D eigenvalue weighted by Crippen LogP contribution is 2.07. The van der Waals surface area contributed by atoms with Crippen molar-refractivity contribution in [3.8, 4) is 0 Å². The van der Waals surface area contributed by atoms with Gasteiger partial charge in [-0.25, -0.2) is 4.79 Å². The molecule has 1 aromatic carbocycles. The van der Waals surface area contributed by atoms with Crippen LogP contribution in [0.25, 0.3) is 6.08 Å². The summed E-state index contributed by atoms with van der Waals surface area (Å²) in [4.78, 5) is 11.2. The van der Waals surface area contributed by atoms with E-state index in [4.69, 9.17) is 9.84 Å². The molecule has 0 fully saturated rings. The average molecular weight is 250 g/mol. The zero-order valence-corrected chi connectivity index (χ0v) is 10.5. The lowest BCUT2D eigenvalue weighted by Crippen LogP contribution is -2.00. The highest BCUT2D eigenvalue weighted by atomic mass is 16.5. The lowest BCUT2D eigenvalue weighted by Gasteiger charge is -2.00. The first-order valence-corrected chi connectivity index (χ1v) is 5.81. The van der Waals surface area contributed by atoms with E-state index in [1.54, 1.807) is 12.1 Å². The third-order valence-electron chi connectivity index (χ3n) is 2.30. The van der Waals surface area contributed by atoms with Gasteiger partial charge in [0.1, 0.15) is 0 Å². The van der Waals surface area contributed by atoms with E-state index in [1.165, 1.54) is 7.11 Å². The van der Waals surface area contributed by atoms with Crippen LogP contribution >= 0.6 is 0 Å². The zero-order valence-electron chi connectivity index (χ0n) is 10.5. The minimum atomic E-state index is -0.335. The van der Waals surface area contributed by atoms with Crippen LogP contribution in [-0.2, 0) is 9.47 Å². The third kappa shape index (κ3) is 5.12. The number of aliphatic hydroxyl groups excluding tert-OH is 1. The highest BCUT2D eigenvalue weighted by molar-refractivity contribution is 5.89. The second-order valence-electron chi connectivity index (χ2n) is 3.67. The predicted molar refractivity (Wildman–Crippen MR) is 69.3 cm³/mol. The number of carbonyl (C=O) groups is 1. The molecule has 0 bridgehead atoms. The molecule has 1 aromatic rings. The number of rotatable bonds is 7. The Hall–Kier alpha value is -1.65. The molecule has 0 amide bonds. The van der Waals surface area contributed by atoms with Crippen LogP contribution in [0, 0.1) is 0 Å². The third-order valence-corrected chi connectivity index (χ3v) is 2.30. The highest BCUT2D eigenvalue weighted by Gasteiger charge is 2.02. The van der Waals surface area contributed by atoms with Crippen molar-refractivity contribution in [2.24, 2.45) is 0 Å². The van der Waals surface area contributed by atoms with Gasteiger partial charge in [0.05, 0.1) is 19.3 Å². The van der Waals surface area contributed by atoms with E-state index in [0.717, 1.165) is 5.56 Å². The molecule has 0 spiro atoms. The van der Waals surface area contributed by atoms with Gasteiger partial charge < -0.3 is 14.6 Å². The molecule has 18 heavy (non-hydrogen) atoms. The Kier molecular flexibility index (Phi) is 6.76. The molecule has 0 atom stereocenters. The summed E-state index contributed by atoms with van der Waals surface area (Å²) >= 11 is 0. The molecule has 0 aliphatic rings. The lowest BCUT2D eigenvalue weighted by atomic mass is 10.1. The maximum atomic E-state index is 11.2. The van der Waals surface area contributed by atoms with Gasteiger partial charge in [-0.15, -0.1) is 0 Å². The molecule has 0 heterocycles. The van der Waals surface area contributed by atoms with Crippen molar-refractivity contribution in [3.05, 3.63) is 41.5 Å². The molecular weight excluding hydrogens is 232 g/mol. The number of carbonyl (C=O) groups excluding carboxylic acids is 1. The number of benzene rings is 1. The van der Waals surface area contributed by atoms with Crippen LogP contribution in [0.4, 0.5) is 0 Å². The van der Waals surface area contributed by atoms with Crippen LogP contribution in [0.3, 0.4) is 0 Å². The maximum absolute atomic E-state index is 11.2. The summed E-state index contributed by atoms with van der Waals surface area (Å²) in [6.45, 7) is 1.22. The van der Waals surface area contributed by atoms with Crippen LogP contribution in [0.1, 0.15) is 22.3 Å². The summed E-state index contributed by atoms with van der Waals surface area (Å²) < 4.78 is 9.87. The van der Waals surface area contributed by atoms with Gasteiger partial charge in [0.25, 0.3) is 0 Å². The normalized spacial score (nSPS) is 10.8. The number of esters is 1. The van der Waals surface area contributed by atoms with E-state index in [2.05, 4.69) is 4.74 Å². The zero-order chi connectivity index (χ0) is 13.2. The van der Waals surface area contributed by atoms with Crippen molar-refractivity contribution in [3.63, 3.8) is 0 Å². The van der Waals surface area contributed by atoms with Gasteiger partial charge in [-0.2, -0.15) is 0 Å². The quantitative estimate of drug-likeness (QED) is 0.593. The van der Waals surface area contributed by atoms with Crippen LogP contribution < -0.4 is 0 Å². The molecule has 0 saturated heterocycles. The Morgan fingerprint density at radius 2 is 2.06 bits per heavy atom. The van der Waals surface area contributed by atoms with E-state index in [-0.39, 0.29) is 12.6 Å². The summed E-state index contributed by atoms with van der Waals surface area (Å²) in [5, 5.41) is 8.56. The Balaban J connectivity index is 2.38. The molecule has 98 valence electrons. The van der Waals surface area contributed by atoms with E-state index < -0.39 is 0 Å². The van der Waals surface area contributed by atoms with Crippen LogP contribution in [0.15, 0.2) is 30.3 Å². The second-order valence-corrected chi connectivity index (χ2v) is 3.67. The Morgan fingerprint density at radius 1 is 1.33 bits per heavy atom. The van der Waals surface area contributed by atoms with Crippen LogP contribution in [-0.4, -0.2) is 38.0 Å². The Labute approximate surface area is 107 Å². The molecule has 4 heteroatoms.